The lowest BCUT2D eigenvalue weighted by Crippen LogP contribution is -2.32. The molecule has 128 valence electrons. The molecular formula is C17H19FN2O3S. The van der Waals surface area contributed by atoms with Gasteiger partial charge in [0.1, 0.15) is 5.82 Å². The lowest BCUT2D eigenvalue weighted by Gasteiger charge is -2.11. The van der Waals surface area contributed by atoms with Crippen molar-refractivity contribution in [2.45, 2.75) is 20.3 Å². The van der Waals surface area contributed by atoms with Crippen molar-refractivity contribution in [3.8, 4) is 11.1 Å². The van der Waals surface area contributed by atoms with Crippen LogP contribution in [0, 0.1) is 11.7 Å². The maximum absolute atomic E-state index is 13.9. The van der Waals surface area contributed by atoms with Crippen molar-refractivity contribution in [2.75, 3.05) is 13.7 Å². The van der Waals surface area contributed by atoms with E-state index in [4.69, 9.17) is 0 Å². The Labute approximate surface area is 144 Å². The van der Waals surface area contributed by atoms with Crippen LogP contribution in [0.25, 0.3) is 11.1 Å². The van der Waals surface area contributed by atoms with Gasteiger partial charge in [0.2, 0.25) is 0 Å². The average Bonchev–Trinajstić information content (AvgIpc) is 3.06. The minimum atomic E-state index is -0.494. The van der Waals surface area contributed by atoms with Gasteiger partial charge < -0.3 is 10.1 Å². The Bertz CT molecular complexity index is 745. The smallest absolute Gasteiger partial charge is 0.310 e. The third-order valence-corrected chi connectivity index (χ3v) is 4.29. The molecule has 1 heterocycles. The van der Waals surface area contributed by atoms with Crippen LogP contribution < -0.4 is 5.32 Å². The minimum Gasteiger partial charge on any atom is -0.469 e. The number of nitrogens with zero attached hydrogens (tertiary/aromatic N) is 1. The second-order valence-corrected chi connectivity index (χ2v) is 6.02. The van der Waals surface area contributed by atoms with Gasteiger partial charge in [0.25, 0.3) is 5.91 Å². The summed E-state index contributed by atoms with van der Waals surface area (Å²) in [5.74, 6) is -1.81. The molecule has 1 aromatic heterocycles. The van der Waals surface area contributed by atoms with E-state index in [1.165, 1.54) is 30.8 Å². The maximum atomic E-state index is 13.9. The van der Waals surface area contributed by atoms with Crippen molar-refractivity contribution in [1.29, 1.82) is 0 Å². The molecule has 0 fully saturated rings. The zero-order chi connectivity index (χ0) is 17.7. The van der Waals surface area contributed by atoms with Crippen molar-refractivity contribution in [2.24, 2.45) is 5.92 Å². The van der Waals surface area contributed by atoms with Crippen LogP contribution in [-0.4, -0.2) is 29.9 Å². The monoisotopic (exact) mass is 350 g/mol. The highest BCUT2D eigenvalue weighted by atomic mass is 32.1. The molecule has 1 aromatic carbocycles. The summed E-state index contributed by atoms with van der Waals surface area (Å²) in [6.45, 7) is 3.74. The van der Waals surface area contributed by atoms with Crippen molar-refractivity contribution in [3.05, 3.63) is 40.7 Å². The zero-order valence-corrected chi connectivity index (χ0v) is 14.6. The first-order valence-electron chi connectivity index (χ1n) is 7.56. The highest BCUT2D eigenvalue weighted by Gasteiger charge is 2.16. The molecule has 7 heteroatoms. The maximum Gasteiger partial charge on any atom is 0.310 e. The number of hydrogen-bond donors (Lipinski definition) is 1. The average molecular weight is 350 g/mol. The molecule has 1 atom stereocenters. The van der Waals surface area contributed by atoms with E-state index in [2.05, 4.69) is 14.4 Å². The summed E-state index contributed by atoms with van der Waals surface area (Å²) in [6.07, 6.45) is 0.730. The molecule has 0 spiro atoms. The predicted molar refractivity (Wildman–Crippen MR) is 90.4 cm³/mol. The Kier molecular flexibility index (Phi) is 6.03. The highest BCUT2D eigenvalue weighted by molar-refractivity contribution is 7.04. The Morgan fingerprint density at radius 2 is 2.12 bits per heavy atom. The van der Waals surface area contributed by atoms with Crippen LogP contribution in [0.15, 0.2) is 23.6 Å². The van der Waals surface area contributed by atoms with Gasteiger partial charge in [-0.15, -0.1) is 0 Å². The number of hydrogen-bond acceptors (Lipinski definition) is 5. The molecule has 24 heavy (non-hydrogen) atoms. The van der Waals surface area contributed by atoms with E-state index in [1.807, 2.05) is 12.3 Å². The summed E-state index contributed by atoms with van der Waals surface area (Å²) in [5, 5.41) is 4.46. The van der Waals surface area contributed by atoms with Gasteiger partial charge in [-0.25, -0.2) is 4.39 Å². The van der Waals surface area contributed by atoms with Crippen LogP contribution in [0.2, 0.25) is 0 Å². The number of carbonyl (C=O) groups excluding carboxylic acids is 2. The number of methoxy groups -OCH3 is 1. The number of benzene rings is 1. The van der Waals surface area contributed by atoms with Crippen molar-refractivity contribution in [1.82, 2.24) is 9.69 Å². The third-order valence-electron chi connectivity index (χ3n) is 3.62. The van der Waals surface area contributed by atoms with E-state index in [0.717, 1.165) is 17.7 Å². The number of rotatable bonds is 6. The van der Waals surface area contributed by atoms with E-state index >= 15 is 0 Å². The number of halogens is 1. The SMILES string of the molecule is CCc1nscc1-c1cc(F)cc(C(=O)NC[C@@H](C)C(=O)OC)c1. The van der Waals surface area contributed by atoms with E-state index in [0.29, 0.717) is 5.56 Å². The van der Waals surface area contributed by atoms with Crippen LogP contribution in [0.3, 0.4) is 0 Å². The molecule has 0 radical (unpaired) electrons. The first kappa shape index (κ1) is 18.1. The Morgan fingerprint density at radius 1 is 1.38 bits per heavy atom. The molecule has 0 saturated heterocycles. The van der Waals surface area contributed by atoms with Crippen LogP contribution in [0.1, 0.15) is 29.9 Å². The summed E-state index contributed by atoms with van der Waals surface area (Å²) in [4.78, 5) is 23.6. The number of ether oxygens (including phenoxy) is 1. The third kappa shape index (κ3) is 4.17. The number of esters is 1. The van der Waals surface area contributed by atoms with Crippen molar-refractivity contribution < 1.29 is 18.7 Å². The van der Waals surface area contributed by atoms with Crippen molar-refractivity contribution in [3.63, 3.8) is 0 Å². The van der Waals surface area contributed by atoms with Crippen LogP contribution in [-0.2, 0) is 16.0 Å². The molecule has 0 unspecified atom stereocenters. The summed E-state index contributed by atoms with van der Waals surface area (Å²) < 4.78 is 22.8. The van der Waals surface area contributed by atoms with Gasteiger partial charge in [0.05, 0.1) is 18.7 Å². The molecule has 0 aliphatic carbocycles. The lowest BCUT2D eigenvalue weighted by molar-refractivity contribution is -0.144. The molecule has 5 nitrogen and oxygen atoms in total. The van der Waals surface area contributed by atoms with E-state index in [-0.39, 0.29) is 12.1 Å². The van der Waals surface area contributed by atoms with E-state index in [9.17, 15) is 14.0 Å². The predicted octanol–water partition coefficient (Wildman–Crippen LogP) is 3.05. The topological polar surface area (TPSA) is 68.3 Å². The molecule has 2 aromatic rings. The molecule has 1 N–H and O–H groups in total. The largest absolute Gasteiger partial charge is 0.469 e. The second-order valence-electron chi connectivity index (χ2n) is 5.39. The van der Waals surface area contributed by atoms with Gasteiger partial charge in [-0.05, 0) is 41.7 Å². The van der Waals surface area contributed by atoms with Gasteiger partial charge in [-0.3, -0.25) is 9.59 Å². The Balaban J connectivity index is 2.19. The minimum absolute atomic E-state index is 0.123. The molecule has 0 aliphatic rings. The van der Waals surface area contributed by atoms with Gasteiger partial charge in [-0.1, -0.05) is 13.8 Å². The van der Waals surface area contributed by atoms with Gasteiger partial charge in [0.15, 0.2) is 0 Å². The quantitative estimate of drug-likeness (QED) is 0.813. The first-order valence-corrected chi connectivity index (χ1v) is 8.40. The molecular weight excluding hydrogens is 331 g/mol. The van der Waals surface area contributed by atoms with Crippen molar-refractivity contribution >= 4 is 23.4 Å². The molecule has 2 rings (SSSR count). The number of nitrogens with one attached hydrogen (secondary N) is 1. The second kappa shape index (κ2) is 8.01. The normalized spacial score (nSPS) is 11.8. The highest BCUT2D eigenvalue weighted by Crippen LogP contribution is 2.27. The summed E-state index contributed by atoms with van der Waals surface area (Å²) in [7, 11) is 1.29. The van der Waals surface area contributed by atoms with Crippen LogP contribution in [0.5, 0.6) is 0 Å². The molecule has 1 amide bonds. The zero-order valence-electron chi connectivity index (χ0n) is 13.8. The lowest BCUT2D eigenvalue weighted by atomic mass is 10.0. The fourth-order valence-electron chi connectivity index (χ4n) is 2.26. The van der Waals surface area contributed by atoms with Crippen LogP contribution in [0.4, 0.5) is 4.39 Å². The Hall–Kier alpha value is -2.28. The van der Waals surface area contributed by atoms with E-state index in [1.54, 1.807) is 13.0 Å². The Morgan fingerprint density at radius 3 is 2.79 bits per heavy atom. The molecule has 0 saturated carbocycles. The number of aromatic nitrogens is 1. The fourth-order valence-corrected chi connectivity index (χ4v) is 3.04. The number of aryl methyl sites for hydroxylation is 1. The van der Waals surface area contributed by atoms with Gasteiger partial charge in [-0.2, -0.15) is 4.37 Å². The van der Waals surface area contributed by atoms with Crippen LogP contribution >= 0.6 is 11.5 Å². The van der Waals surface area contributed by atoms with Gasteiger partial charge in [0, 0.05) is 23.1 Å². The summed E-state index contributed by atoms with van der Waals surface area (Å²) in [5.41, 5.74) is 2.53. The molecule has 0 aliphatic heterocycles. The van der Waals surface area contributed by atoms with E-state index < -0.39 is 23.6 Å². The fraction of sp³-hybridized carbons (Fsp3) is 0.353. The summed E-state index contributed by atoms with van der Waals surface area (Å²) >= 11 is 1.30. The first-order chi connectivity index (χ1) is 11.5. The summed E-state index contributed by atoms with van der Waals surface area (Å²) in [6, 6.07) is 4.19. The number of amides is 1. The molecule has 0 bridgehead atoms. The van der Waals surface area contributed by atoms with Gasteiger partial charge >= 0.3 is 5.97 Å². The number of carbonyl (C=O) groups is 2. The standard InChI is InChI=1S/C17H19FN2O3S/c1-4-15-14(9-24-20-15)11-5-12(7-13(18)6-11)16(21)19-8-10(2)17(22)23-3/h5-7,9-10H,4,8H2,1-3H3,(H,19,21)/t10-/m1/s1.